The molecular weight excluding hydrogens is 308 g/mol. The lowest BCUT2D eigenvalue weighted by Crippen LogP contribution is -2.17. The van der Waals surface area contributed by atoms with Gasteiger partial charge in [0.05, 0.1) is 5.02 Å². The number of ether oxygens (including phenoxy) is 1. The van der Waals surface area contributed by atoms with Gasteiger partial charge >= 0.3 is 6.36 Å². The Morgan fingerprint density at radius 2 is 1.81 bits per heavy atom. The van der Waals surface area contributed by atoms with Crippen LogP contribution in [-0.2, 0) is 0 Å². The molecule has 110 valence electrons. The molecule has 2 aromatic carbocycles. The normalized spacial score (nSPS) is 11.3. The standard InChI is InChI=1S/C15H9ClF4O/c1-2-9-3-6-14(21-15(18,19)20)11(7-9)10-4-5-13(17)12(16)8-10/h2-8H,1H2. The fourth-order valence-electron chi connectivity index (χ4n) is 1.78. The van der Waals surface area contributed by atoms with E-state index in [0.717, 1.165) is 6.07 Å². The molecule has 0 bridgehead atoms. The second-order valence-corrected chi connectivity index (χ2v) is 4.54. The summed E-state index contributed by atoms with van der Waals surface area (Å²) in [5.41, 5.74) is 1.05. The van der Waals surface area contributed by atoms with Gasteiger partial charge in [-0.2, -0.15) is 0 Å². The molecule has 0 heterocycles. The third kappa shape index (κ3) is 3.76. The van der Waals surface area contributed by atoms with Crippen molar-refractivity contribution in [3.05, 3.63) is 59.4 Å². The average molecular weight is 317 g/mol. The Bertz CT molecular complexity index is 680. The van der Waals surface area contributed by atoms with Crippen LogP contribution in [0.25, 0.3) is 17.2 Å². The highest BCUT2D eigenvalue weighted by Crippen LogP contribution is 2.36. The van der Waals surface area contributed by atoms with Gasteiger partial charge in [-0.15, -0.1) is 13.2 Å². The van der Waals surface area contributed by atoms with Crippen LogP contribution in [0, 0.1) is 5.82 Å². The summed E-state index contributed by atoms with van der Waals surface area (Å²) in [7, 11) is 0. The molecule has 0 aliphatic rings. The van der Waals surface area contributed by atoms with E-state index in [9.17, 15) is 17.6 Å². The molecule has 0 N–H and O–H groups in total. The maximum atomic E-state index is 13.2. The van der Waals surface area contributed by atoms with E-state index >= 15 is 0 Å². The van der Waals surface area contributed by atoms with Crippen molar-refractivity contribution in [2.45, 2.75) is 6.36 Å². The number of alkyl halides is 3. The minimum Gasteiger partial charge on any atom is -0.405 e. The third-order valence-corrected chi connectivity index (χ3v) is 2.99. The summed E-state index contributed by atoms with van der Waals surface area (Å²) in [6.07, 6.45) is -3.35. The lowest BCUT2D eigenvalue weighted by Gasteiger charge is -2.14. The van der Waals surface area contributed by atoms with Gasteiger partial charge in [0.15, 0.2) is 0 Å². The Kier molecular flexibility index (Phi) is 4.23. The van der Waals surface area contributed by atoms with E-state index in [1.54, 1.807) is 0 Å². The van der Waals surface area contributed by atoms with E-state index in [-0.39, 0.29) is 10.6 Å². The predicted molar refractivity (Wildman–Crippen MR) is 73.6 cm³/mol. The van der Waals surface area contributed by atoms with Gasteiger partial charge in [-0.3, -0.25) is 0 Å². The summed E-state index contributed by atoms with van der Waals surface area (Å²) in [4.78, 5) is 0. The molecule has 6 heteroatoms. The summed E-state index contributed by atoms with van der Waals surface area (Å²) in [5, 5.41) is -0.186. The summed E-state index contributed by atoms with van der Waals surface area (Å²) < 4.78 is 54.5. The van der Waals surface area contributed by atoms with Crippen molar-refractivity contribution in [3.63, 3.8) is 0 Å². The van der Waals surface area contributed by atoms with Crippen LogP contribution < -0.4 is 4.74 Å². The molecule has 0 saturated carbocycles. The highest BCUT2D eigenvalue weighted by Gasteiger charge is 2.32. The average Bonchev–Trinajstić information content (AvgIpc) is 2.41. The highest BCUT2D eigenvalue weighted by molar-refractivity contribution is 6.31. The molecule has 0 unspecified atom stereocenters. The quantitative estimate of drug-likeness (QED) is 0.661. The number of hydrogen-bond acceptors (Lipinski definition) is 1. The molecule has 0 saturated heterocycles. The van der Waals surface area contributed by atoms with Crippen LogP contribution in [0.1, 0.15) is 5.56 Å². The van der Waals surface area contributed by atoms with Crippen molar-refractivity contribution in [1.82, 2.24) is 0 Å². The van der Waals surface area contributed by atoms with Gasteiger partial charge in [-0.05, 0) is 35.4 Å². The Morgan fingerprint density at radius 3 is 2.38 bits per heavy atom. The van der Waals surface area contributed by atoms with Crippen molar-refractivity contribution in [2.24, 2.45) is 0 Å². The molecule has 0 aliphatic heterocycles. The summed E-state index contributed by atoms with van der Waals surface area (Å²) >= 11 is 5.66. The van der Waals surface area contributed by atoms with Gasteiger partial charge in [0.1, 0.15) is 11.6 Å². The van der Waals surface area contributed by atoms with Crippen molar-refractivity contribution < 1.29 is 22.3 Å². The fraction of sp³-hybridized carbons (Fsp3) is 0.0667. The van der Waals surface area contributed by atoms with E-state index in [2.05, 4.69) is 11.3 Å². The first kappa shape index (κ1) is 15.4. The Hall–Kier alpha value is -2.01. The second-order valence-electron chi connectivity index (χ2n) is 4.14. The number of rotatable bonds is 3. The van der Waals surface area contributed by atoms with Crippen molar-refractivity contribution in [1.29, 1.82) is 0 Å². The van der Waals surface area contributed by atoms with Gasteiger partial charge in [-0.25, -0.2) is 4.39 Å². The van der Waals surface area contributed by atoms with E-state index in [1.807, 2.05) is 0 Å². The monoisotopic (exact) mass is 316 g/mol. The SMILES string of the molecule is C=Cc1ccc(OC(F)(F)F)c(-c2ccc(F)c(Cl)c2)c1. The van der Waals surface area contributed by atoms with Crippen LogP contribution in [0.5, 0.6) is 5.75 Å². The largest absolute Gasteiger partial charge is 0.573 e. The van der Waals surface area contributed by atoms with Gasteiger partial charge in [0.25, 0.3) is 0 Å². The molecule has 1 nitrogen and oxygen atoms in total. The van der Waals surface area contributed by atoms with Crippen LogP contribution in [0.3, 0.4) is 0 Å². The molecule has 0 amide bonds. The molecule has 0 aliphatic carbocycles. The molecule has 0 spiro atoms. The second kappa shape index (κ2) is 5.77. The molecule has 0 fully saturated rings. The maximum absolute atomic E-state index is 13.2. The maximum Gasteiger partial charge on any atom is 0.573 e. The molecule has 2 aromatic rings. The van der Waals surface area contributed by atoms with Gasteiger partial charge in [0.2, 0.25) is 0 Å². The zero-order valence-corrected chi connectivity index (χ0v) is 11.3. The Balaban J connectivity index is 2.57. The van der Waals surface area contributed by atoms with E-state index in [1.165, 1.54) is 36.4 Å². The smallest absolute Gasteiger partial charge is 0.405 e. The van der Waals surface area contributed by atoms with Crippen LogP contribution in [0.2, 0.25) is 5.02 Å². The predicted octanol–water partition coefficient (Wildman–Crippen LogP) is 5.69. The first-order valence-corrected chi connectivity index (χ1v) is 6.15. The lowest BCUT2D eigenvalue weighted by atomic mass is 10.0. The minimum atomic E-state index is -4.83. The molecular formula is C15H9ClF4O. The Morgan fingerprint density at radius 1 is 1.10 bits per heavy atom. The van der Waals surface area contributed by atoms with E-state index in [0.29, 0.717) is 11.1 Å². The fourth-order valence-corrected chi connectivity index (χ4v) is 1.96. The van der Waals surface area contributed by atoms with E-state index < -0.39 is 17.9 Å². The molecule has 0 aromatic heterocycles. The zero-order chi connectivity index (χ0) is 15.6. The highest BCUT2D eigenvalue weighted by atomic mass is 35.5. The van der Waals surface area contributed by atoms with Crippen LogP contribution in [-0.4, -0.2) is 6.36 Å². The number of benzene rings is 2. The first-order chi connectivity index (χ1) is 9.80. The summed E-state index contributed by atoms with van der Waals surface area (Å²) in [5.74, 6) is -1.05. The molecule has 0 atom stereocenters. The van der Waals surface area contributed by atoms with Gasteiger partial charge < -0.3 is 4.74 Å². The van der Waals surface area contributed by atoms with Crippen molar-refractivity contribution in [2.75, 3.05) is 0 Å². The number of hydrogen-bond donors (Lipinski definition) is 0. The van der Waals surface area contributed by atoms with E-state index in [4.69, 9.17) is 11.6 Å². The Labute approximate surface area is 123 Å². The first-order valence-electron chi connectivity index (χ1n) is 5.78. The lowest BCUT2D eigenvalue weighted by molar-refractivity contribution is -0.274. The van der Waals surface area contributed by atoms with Crippen LogP contribution >= 0.6 is 11.6 Å². The van der Waals surface area contributed by atoms with Crippen molar-refractivity contribution in [3.8, 4) is 16.9 Å². The molecule has 0 radical (unpaired) electrons. The van der Waals surface area contributed by atoms with Crippen molar-refractivity contribution >= 4 is 17.7 Å². The summed E-state index contributed by atoms with van der Waals surface area (Å²) in [6, 6.07) is 7.71. The summed E-state index contributed by atoms with van der Waals surface area (Å²) in [6.45, 7) is 3.55. The number of halogens is 5. The topological polar surface area (TPSA) is 9.23 Å². The van der Waals surface area contributed by atoms with Gasteiger partial charge in [-0.1, -0.05) is 36.4 Å². The van der Waals surface area contributed by atoms with Crippen LogP contribution in [0.15, 0.2) is 43.0 Å². The third-order valence-electron chi connectivity index (χ3n) is 2.70. The molecule has 2 rings (SSSR count). The molecule has 21 heavy (non-hydrogen) atoms. The zero-order valence-electron chi connectivity index (χ0n) is 10.5. The minimum absolute atomic E-state index is 0.145. The van der Waals surface area contributed by atoms with Gasteiger partial charge in [0, 0.05) is 5.56 Å². The van der Waals surface area contributed by atoms with Crippen LogP contribution in [0.4, 0.5) is 17.6 Å².